The minimum atomic E-state index is 0.294. The Hall–Kier alpha value is -0.570. The average molecular weight is 226 g/mol. The number of nitrogens with zero attached hydrogens (tertiary/aromatic N) is 1. The molecule has 2 N–H and O–H groups in total. The van der Waals surface area contributed by atoms with E-state index in [2.05, 4.69) is 25.7 Å². The van der Waals surface area contributed by atoms with E-state index in [-0.39, 0.29) is 0 Å². The maximum Gasteiger partial charge on any atom is 0.222 e. The zero-order chi connectivity index (χ0) is 12.1. The third-order valence-electron chi connectivity index (χ3n) is 4.08. The van der Waals surface area contributed by atoms with Crippen LogP contribution >= 0.6 is 0 Å². The fourth-order valence-electron chi connectivity index (χ4n) is 2.62. The lowest BCUT2D eigenvalue weighted by molar-refractivity contribution is -0.135. The number of carbonyl (C=O) groups is 1. The van der Waals surface area contributed by atoms with Crippen molar-refractivity contribution in [1.82, 2.24) is 4.90 Å². The molecule has 1 saturated heterocycles. The van der Waals surface area contributed by atoms with Gasteiger partial charge in [-0.05, 0) is 30.7 Å². The van der Waals surface area contributed by atoms with E-state index in [4.69, 9.17) is 5.73 Å². The van der Waals surface area contributed by atoms with Crippen LogP contribution in [-0.2, 0) is 4.79 Å². The maximum absolute atomic E-state index is 11.9. The number of carbonyl (C=O) groups excluding carboxylic acids is 1. The van der Waals surface area contributed by atoms with E-state index >= 15 is 0 Å². The molecule has 2 unspecified atom stereocenters. The number of amides is 1. The highest BCUT2D eigenvalue weighted by Gasteiger charge is 2.32. The Labute approximate surface area is 99.4 Å². The van der Waals surface area contributed by atoms with Crippen molar-refractivity contribution in [3.8, 4) is 0 Å². The first-order valence-corrected chi connectivity index (χ1v) is 6.58. The van der Waals surface area contributed by atoms with Crippen molar-refractivity contribution in [2.45, 2.75) is 40.0 Å². The summed E-state index contributed by atoms with van der Waals surface area (Å²) < 4.78 is 0. The van der Waals surface area contributed by atoms with Gasteiger partial charge in [-0.3, -0.25) is 4.79 Å². The third kappa shape index (κ3) is 3.21. The van der Waals surface area contributed by atoms with Crippen molar-refractivity contribution in [1.29, 1.82) is 0 Å². The van der Waals surface area contributed by atoms with E-state index in [9.17, 15) is 4.79 Å². The van der Waals surface area contributed by atoms with Crippen molar-refractivity contribution in [3.63, 3.8) is 0 Å². The van der Waals surface area contributed by atoms with Crippen molar-refractivity contribution < 1.29 is 4.79 Å². The first-order valence-electron chi connectivity index (χ1n) is 6.58. The maximum atomic E-state index is 11.9. The number of nitrogens with two attached hydrogens (primary N) is 1. The van der Waals surface area contributed by atoms with E-state index in [0.717, 1.165) is 25.4 Å². The third-order valence-corrected chi connectivity index (χ3v) is 4.08. The van der Waals surface area contributed by atoms with Gasteiger partial charge in [0.25, 0.3) is 0 Å². The minimum absolute atomic E-state index is 0.294. The standard InChI is InChI=1S/C13H26N2O/c1-4-12-9-15(8-10(2)11(12)3)13(16)6-5-7-14/h10-12H,4-9,14H2,1-3H3/t10?,11-,12?/m0/s1. The molecule has 1 heterocycles. The Morgan fingerprint density at radius 1 is 1.38 bits per heavy atom. The molecular weight excluding hydrogens is 200 g/mol. The van der Waals surface area contributed by atoms with Crippen LogP contribution in [0, 0.1) is 17.8 Å². The highest BCUT2D eigenvalue weighted by molar-refractivity contribution is 5.76. The van der Waals surface area contributed by atoms with Gasteiger partial charge in [0, 0.05) is 19.5 Å². The average Bonchev–Trinajstić information content (AvgIpc) is 2.29. The summed E-state index contributed by atoms with van der Waals surface area (Å²) in [6.45, 7) is 9.30. The van der Waals surface area contributed by atoms with Gasteiger partial charge in [-0.25, -0.2) is 0 Å². The van der Waals surface area contributed by atoms with Gasteiger partial charge in [-0.15, -0.1) is 0 Å². The van der Waals surface area contributed by atoms with Crippen LogP contribution < -0.4 is 5.73 Å². The fourth-order valence-corrected chi connectivity index (χ4v) is 2.62. The Bertz CT molecular complexity index is 230. The van der Waals surface area contributed by atoms with Gasteiger partial charge in [0.15, 0.2) is 0 Å². The monoisotopic (exact) mass is 226 g/mol. The smallest absolute Gasteiger partial charge is 0.222 e. The van der Waals surface area contributed by atoms with Crippen LogP contribution in [0.1, 0.15) is 40.0 Å². The first kappa shape index (κ1) is 13.5. The van der Waals surface area contributed by atoms with Gasteiger partial charge in [-0.2, -0.15) is 0 Å². The highest BCUT2D eigenvalue weighted by atomic mass is 16.2. The normalized spacial score (nSPS) is 30.5. The summed E-state index contributed by atoms with van der Waals surface area (Å²) in [6, 6.07) is 0. The molecule has 3 heteroatoms. The Morgan fingerprint density at radius 3 is 2.62 bits per heavy atom. The minimum Gasteiger partial charge on any atom is -0.342 e. The molecule has 94 valence electrons. The van der Waals surface area contributed by atoms with E-state index < -0.39 is 0 Å². The predicted molar refractivity (Wildman–Crippen MR) is 67.0 cm³/mol. The van der Waals surface area contributed by atoms with Gasteiger partial charge in [0.05, 0.1) is 0 Å². The van der Waals surface area contributed by atoms with Crippen LogP contribution in [0.25, 0.3) is 0 Å². The van der Waals surface area contributed by atoms with Crippen molar-refractivity contribution >= 4 is 5.91 Å². The van der Waals surface area contributed by atoms with Crippen LogP contribution in [0.3, 0.4) is 0 Å². The van der Waals surface area contributed by atoms with Gasteiger partial charge < -0.3 is 10.6 Å². The molecule has 1 amide bonds. The number of rotatable bonds is 4. The summed E-state index contributed by atoms with van der Waals surface area (Å²) in [6.07, 6.45) is 2.61. The molecule has 0 spiro atoms. The Kier molecular flexibility index (Phi) is 5.26. The molecule has 0 aromatic carbocycles. The number of hydrogen-bond donors (Lipinski definition) is 1. The number of piperidine rings is 1. The molecular formula is C13H26N2O. The Morgan fingerprint density at radius 2 is 2.06 bits per heavy atom. The summed E-state index contributed by atoms with van der Waals surface area (Å²) in [5.74, 6) is 2.33. The van der Waals surface area contributed by atoms with E-state index in [0.29, 0.717) is 30.7 Å². The Balaban J connectivity index is 2.52. The second-order valence-corrected chi connectivity index (χ2v) is 5.20. The van der Waals surface area contributed by atoms with Gasteiger partial charge in [0.1, 0.15) is 0 Å². The van der Waals surface area contributed by atoms with Crippen molar-refractivity contribution in [3.05, 3.63) is 0 Å². The summed E-state index contributed by atoms with van der Waals surface area (Å²) >= 11 is 0. The zero-order valence-electron chi connectivity index (χ0n) is 10.9. The molecule has 0 bridgehead atoms. The molecule has 0 radical (unpaired) electrons. The first-order chi connectivity index (χ1) is 7.60. The molecule has 0 saturated carbocycles. The SMILES string of the molecule is CCC1CN(C(=O)CCCN)CC(C)[C@@H]1C. The largest absolute Gasteiger partial charge is 0.342 e. The zero-order valence-corrected chi connectivity index (χ0v) is 10.9. The predicted octanol–water partition coefficient (Wildman–Crippen LogP) is 1.87. The lowest BCUT2D eigenvalue weighted by atomic mass is 9.78. The van der Waals surface area contributed by atoms with Crippen LogP contribution in [0.5, 0.6) is 0 Å². The molecule has 0 aliphatic carbocycles. The summed E-state index contributed by atoms with van der Waals surface area (Å²) in [4.78, 5) is 14.0. The molecule has 0 aromatic heterocycles. The highest BCUT2D eigenvalue weighted by Crippen LogP contribution is 2.30. The van der Waals surface area contributed by atoms with Gasteiger partial charge in [0.2, 0.25) is 5.91 Å². The van der Waals surface area contributed by atoms with Crippen LogP contribution in [0.15, 0.2) is 0 Å². The van der Waals surface area contributed by atoms with E-state index in [1.165, 1.54) is 6.42 Å². The quantitative estimate of drug-likeness (QED) is 0.795. The summed E-state index contributed by atoms with van der Waals surface area (Å²) in [5, 5.41) is 0. The van der Waals surface area contributed by atoms with Crippen LogP contribution in [0.2, 0.25) is 0 Å². The second-order valence-electron chi connectivity index (χ2n) is 5.20. The molecule has 1 rings (SSSR count). The van der Waals surface area contributed by atoms with E-state index in [1.54, 1.807) is 0 Å². The number of likely N-dealkylation sites (tertiary alicyclic amines) is 1. The topological polar surface area (TPSA) is 46.3 Å². The molecule has 3 nitrogen and oxygen atoms in total. The van der Waals surface area contributed by atoms with E-state index in [1.807, 2.05) is 0 Å². The lowest BCUT2D eigenvalue weighted by Crippen LogP contribution is -2.47. The van der Waals surface area contributed by atoms with Gasteiger partial charge >= 0.3 is 0 Å². The molecule has 1 aliphatic rings. The summed E-state index contributed by atoms with van der Waals surface area (Å²) in [7, 11) is 0. The molecule has 0 aromatic rings. The number of hydrogen-bond acceptors (Lipinski definition) is 2. The lowest BCUT2D eigenvalue weighted by Gasteiger charge is -2.41. The van der Waals surface area contributed by atoms with Crippen LogP contribution in [0.4, 0.5) is 0 Å². The van der Waals surface area contributed by atoms with Crippen molar-refractivity contribution in [2.24, 2.45) is 23.5 Å². The van der Waals surface area contributed by atoms with Crippen molar-refractivity contribution in [2.75, 3.05) is 19.6 Å². The van der Waals surface area contributed by atoms with Gasteiger partial charge in [-0.1, -0.05) is 27.2 Å². The summed E-state index contributed by atoms with van der Waals surface area (Å²) in [5.41, 5.74) is 5.44. The molecule has 16 heavy (non-hydrogen) atoms. The fraction of sp³-hybridized carbons (Fsp3) is 0.923. The molecule has 1 fully saturated rings. The molecule has 3 atom stereocenters. The second kappa shape index (κ2) is 6.24. The molecule has 1 aliphatic heterocycles. The van der Waals surface area contributed by atoms with Crippen LogP contribution in [-0.4, -0.2) is 30.4 Å².